The van der Waals surface area contributed by atoms with E-state index in [0.29, 0.717) is 18.2 Å². The molecule has 8 nitrogen and oxygen atoms in total. The predicted molar refractivity (Wildman–Crippen MR) is 161 cm³/mol. The first-order valence-electron chi connectivity index (χ1n) is 15.1. The molecule has 2 N–H and O–H groups in total. The van der Waals surface area contributed by atoms with Gasteiger partial charge < -0.3 is 15.4 Å². The monoisotopic (exact) mass is 577 g/mol. The van der Waals surface area contributed by atoms with Crippen molar-refractivity contribution in [3.05, 3.63) is 52.7 Å². The maximum absolute atomic E-state index is 13.7. The number of amides is 2. The van der Waals surface area contributed by atoms with E-state index >= 15 is 0 Å². The number of rotatable bonds is 7. The van der Waals surface area contributed by atoms with Crippen LogP contribution in [0.2, 0.25) is 5.02 Å². The first-order valence-corrected chi connectivity index (χ1v) is 15.4. The fourth-order valence-corrected chi connectivity index (χ4v) is 7.02. The average Bonchev–Trinajstić information content (AvgIpc) is 3.63. The third-order valence-corrected chi connectivity index (χ3v) is 9.49. The Hall–Kier alpha value is -2.94. The van der Waals surface area contributed by atoms with E-state index in [-0.39, 0.29) is 29.7 Å². The molecule has 0 bridgehead atoms. The topological polar surface area (TPSA) is 88.5 Å². The van der Waals surface area contributed by atoms with Crippen molar-refractivity contribution >= 4 is 34.3 Å². The van der Waals surface area contributed by atoms with Gasteiger partial charge in [0.2, 0.25) is 5.91 Å². The number of ether oxygens (including phenoxy) is 1. The van der Waals surface area contributed by atoms with Crippen molar-refractivity contribution in [1.29, 1.82) is 0 Å². The largest absolute Gasteiger partial charge is 0.379 e. The molecule has 2 saturated heterocycles. The summed E-state index contributed by atoms with van der Waals surface area (Å²) in [6, 6.07) is 10.8. The molecule has 3 heterocycles. The molecule has 218 valence electrons. The average molecular weight is 578 g/mol. The van der Waals surface area contributed by atoms with Gasteiger partial charge in [-0.3, -0.25) is 19.2 Å². The molecule has 2 amide bonds. The second-order valence-electron chi connectivity index (χ2n) is 12.1. The van der Waals surface area contributed by atoms with Crippen LogP contribution in [0, 0.1) is 11.8 Å². The molecule has 1 saturated carbocycles. The van der Waals surface area contributed by atoms with Gasteiger partial charge in [0.15, 0.2) is 0 Å². The van der Waals surface area contributed by atoms with Crippen LogP contribution in [0.4, 0.5) is 0 Å². The van der Waals surface area contributed by atoms with Gasteiger partial charge in [-0.2, -0.15) is 5.10 Å². The van der Waals surface area contributed by atoms with Crippen LogP contribution in [0.1, 0.15) is 67.9 Å². The van der Waals surface area contributed by atoms with E-state index < -0.39 is 0 Å². The van der Waals surface area contributed by atoms with Gasteiger partial charge in [0.05, 0.1) is 42.5 Å². The van der Waals surface area contributed by atoms with Crippen LogP contribution >= 0.6 is 11.6 Å². The SMILES string of the molecule is CC1CC(C)C(CNC(=O)c2cc(-c3ccc(CN4CCOCC4)c(Cl)c3)cc3c2cnn3C2CCCC2)C(=O)N1. The van der Waals surface area contributed by atoms with Gasteiger partial charge in [0.1, 0.15) is 0 Å². The van der Waals surface area contributed by atoms with Crippen LogP contribution in [0.15, 0.2) is 36.5 Å². The summed E-state index contributed by atoms with van der Waals surface area (Å²) in [7, 11) is 0. The number of nitrogens with zero attached hydrogens (tertiary/aromatic N) is 3. The molecule has 0 radical (unpaired) electrons. The van der Waals surface area contributed by atoms with Gasteiger partial charge in [-0.1, -0.05) is 43.5 Å². The molecular formula is C32H40ClN5O3. The van der Waals surface area contributed by atoms with Crippen molar-refractivity contribution in [2.24, 2.45) is 11.8 Å². The van der Waals surface area contributed by atoms with Gasteiger partial charge in [-0.05, 0) is 67.0 Å². The van der Waals surface area contributed by atoms with Crippen molar-refractivity contribution in [3.63, 3.8) is 0 Å². The van der Waals surface area contributed by atoms with Gasteiger partial charge in [0.25, 0.3) is 5.91 Å². The van der Waals surface area contributed by atoms with E-state index in [2.05, 4.69) is 45.3 Å². The lowest BCUT2D eigenvalue weighted by atomic mass is 9.84. The summed E-state index contributed by atoms with van der Waals surface area (Å²) in [5.41, 5.74) is 4.52. The molecule has 2 aliphatic heterocycles. The highest BCUT2D eigenvalue weighted by molar-refractivity contribution is 6.31. The number of morpholine rings is 1. The van der Waals surface area contributed by atoms with E-state index in [4.69, 9.17) is 21.4 Å². The molecule has 3 atom stereocenters. The zero-order valence-corrected chi connectivity index (χ0v) is 24.8. The Kier molecular flexibility index (Phi) is 8.33. The summed E-state index contributed by atoms with van der Waals surface area (Å²) < 4.78 is 7.59. The minimum atomic E-state index is -0.243. The van der Waals surface area contributed by atoms with Crippen LogP contribution in [0.5, 0.6) is 0 Å². The molecule has 0 spiro atoms. The Morgan fingerprint density at radius 3 is 2.63 bits per heavy atom. The minimum Gasteiger partial charge on any atom is -0.379 e. The standard InChI is InChI=1S/C32H40ClN5O3/c1-20-13-21(2)36-32(40)27(20)17-34-31(39)26-14-24(16-30-28(26)18-35-38(30)25-5-3-4-6-25)22-7-8-23(29(33)15-22)19-37-9-11-41-12-10-37/h7-8,14-16,18,20-21,25,27H,3-6,9-13,17,19H2,1-2H3,(H,34,39)(H,36,40). The Morgan fingerprint density at radius 1 is 1.12 bits per heavy atom. The zero-order chi connectivity index (χ0) is 28.5. The van der Waals surface area contributed by atoms with Crippen LogP contribution in [-0.2, 0) is 16.1 Å². The third-order valence-electron chi connectivity index (χ3n) is 9.14. The number of piperidine rings is 1. The molecule has 9 heteroatoms. The van der Waals surface area contributed by atoms with Gasteiger partial charge in [0, 0.05) is 42.6 Å². The van der Waals surface area contributed by atoms with Crippen LogP contribution in [-0.4, -0.2) is 65.4 Å². The van der Waals surface area contributed by atoms with E-state index in [1.807, 2.05) is 25.3 Å². The summed E-state index contributed by atoms with van der Waals surface area (Å²) in [5.74, 6) is -0.214. The molecule has 41 heavy (non-hydrogen) atoms. The smallest absolute Gasteiger partial charge is 0.252 e. The van der Waals surface area contributed by atoms with E-state index in [9.17, 15) is 9.59 Å². The normalized spacial score (nSPS) is 24.1. The van der Waals surface area contributed by atoms with Crippen molar-refractivity contribution in [2.45, 2.75) is 64.6 Å². The number of halogens is 1. The van der Waals surface area contributed by atoms with Crippen molar-refractivity contribution in [2.75, 3.05) is 32.8 Å². The van der Waals surface area contributed by atoms with Gasteiger partial charge in [-0.25, -0.2) is 0 Å². The lowest BCUT2D eigenvalue weighted by Gasteiger charge is -2.32. The number of benzene rings is 2. The second-order valence-corrected chi connectivity index (χ2v) is 12.5. The lowest BCUT2D eigenvalue weighted by Crippen LogP contribution is -2.50. The maximum Gasteiger partial charge on any atom is 0.252 e. The van der Waals surface area contributed by atoms with Crippen LogP contribution in [0.25, 0.3) is 22.0 Å². The summed E-state index contributed by atoms with van der Waals surface area (Å²) >= 11 is 6.81. The third kappa shape index (κ3) is 6.01. The van der Waals surface area contributed by atoms with Crippen LogP contribution in [0.3, 0.4) is 0 Å². The van der Waals surface area contributed by atoms with Gasteiger partial charge in [-0.15, -0.1) is 0 Å². The number of hydrogen-bond acceptors (Lipinski definition) is 5. The Labute approximate surface area is 246 Å². The Balaban J connectivity index is 1.31. The number of fused-ring (bicyclic) bond motifs is 1. The molecule has 6 rings (SSSR count). The number of aromatic nitrogens is 2. The van der Waals surface area contributed by atoms with E-state index in [0.717, 1.165) is 84.7 Å². The molecule has 3 aromatic rings. The molecule has 1 aliphatic carbocycles. The highest BCUT2D eigenvalue weighted by Gasteiger charge is 2.32. The molecule has 1 aromatic heterocycles. The maximum atomic E-state index is 13.7. The predicted octanol–water partition coefficient (Wildman–Crippen LogP) is 5.19. The zero-order valence-electron chi connectivity index (χ0n) is 24.0. The molecule has 2 aromatic carbocycles. The fourth-order valence-electron chi connectivity index (χ4n) is 6.78. The van der Waals surface area contributed by atoms with Crippen molar-refractivity contribution < 1.29 is 14.3 Å². The number of nitrogens with one attached hydrogen (secondary N) is 2. The quantitative estimate of drug-likeness (QED) is 0.403. The first kappa shape index (κ1) is 28.2. The Morgan fingerprint density at radius 2 is 1.90 bits per heavy atom. The highest BCUT2D eigenvalue weighted by Crippen LogP contribution is 2.36. The molecule has 3 aliphatic rings. The summed E-state index contributed by atoms with van der Waals surface area (Å²) in [6.07, 6.45) is 7.30. The molecular weight excluding hydrogens is 538 g/mol. The van der Waals surface area contributed by atoms with Gasteiger partial charge >= 0.3 is 0 Å². The second kappa shape index (κ2) is 12.1. The van der Waals surface area contributed by atoms with E-state index in [1.165, 1.54) is 12.8 Å². The van der Waals surface area contributed by atoms with Crippen molar-refractivity contribution in [3.8, 4) is 11.1 Å². The van der Waals surface area contributed by atoms with E-state index in [1.54, 1.807) is 0 Å². The highest BCUT2D eigenvalue weighted by atomic mass is 35.5. The Bertz CT molecular complexity index is 1430. The summed E-state index contributed by atoms with van der Waals surface area (Å²) in [6.45, 7) is 8.51. The number of hydrogen-bond donors (Lipinski definition) is 2. The molecule has 3 unspecified atom stereocenters. The van der Waals surface area contributed by atoms with Crippen LogP contribution < -0.4 is 10.6 Å². The fraction of sp³-hybridized carbons (Fsp3) is 0.531. The van der Waals surface area contributed by atoms with Crippen molar-refractivity contribution in [1.82, 2.24) is 25.3 Å². The number of carbonyl (C=O) groups is 2. The first-order chi connectivity index (χ1) is 19.9. The minimum absolute atomic E-state index is 0.0105. The molecule has 3 fully saturated rings. The summed E-state index contributed by atoms with van der Waals surface area (Å²) in [5, 5.41) is 12.4. The summed E-state index contributed by atoms with van der Waals surface area (Å²) in [4.78, 5) is 28.7. The lowest BCUT2D eigenvalue weighted by molar-refractivity contribution is -0.129. The number of carbonyl (C=O) groups excluding carboxylic acids is 2.